The van der Waals surface area contributed by atoms with Crippen LogP contribution in [-0.2, 0) is 22.6 Å². The van der Waals surface area contributed by atoms with Gasteiger partial charge in [0.05, 0.1) is 13.2 Å². The normalized spacial score (nSPS) is 11.7. The van der Waals surface area contributed by atoms with Crippen molar-refractivity contribution in [3.05, 3.63) is 59.2 Å². The van der Waals surface area contributed by atoms with Gasteiger partial charge in [-0.1, -0.05) is 37.3 Å². The van der Waals surface area contributed by atoms with Gasteiger partial charge in [0.1, 0.15) is 6.04 Å². The highest BCUT2D eigenvalue weighted by atomic mass is 16.5. The van der Waals surface area contributed by atoms with Gasteiger partial charge in [0.15, 0.2) is 11.5 Å². The Morgan fingerprint density at radius 3 is 2.26 bits per heavy atom. The molecule has 0 aliphatic rings. The van der Waals surface area contributed by atoms with Gasteiger partial charge in [-0.15, -0.1) is 0 Å². The van der Waals surface area contributed by atoms with Crippen LogP contribution in [0.25, 0.3) is 0 Å². The molecule has 0 aromatic heterocycles. The Hall–Kier alpha value is -3.02. The molecule has 1 unspecified atom stereocenters. The molecular weight excluding hydrogens is 428 g/mol. The number of aryl methyl sites for hydroxylation is 2. The fourth-order valence-electron chi connectivity index (χ4n) is 3.92. The van der Waals surface area contributed by atoms with Crippen LogP contribution in [-0.4, -0.2) is 42.0 Å². The number of nitrogens with zero attached hydrogens (tertiary/aromatic N) is 1. The van der Waals surface area contributed by atoms with E-state index >= 15 is 0 Å². The molecule has 186 valence electrons. The van der Waals surface area contributed by atoms with E-state index in [9.17, 15) is 9.59 Å². The molecule has 1 atom stereocenters. The van der Waals surface area contributed by atoms with Crippen molar-refractivity contribution in [3.8, 4) is 11.5 Å². The quantitative estimate of drug-likeness (QED) is 0.446. The molecule has 0 aliphatic heterocycles. The lowest BCUT2D eigenvalue weighted by molar-refractivity contribution is -0.141. The molecule has 6 heteroatoms. The molecule has 0 radical (unpaired) electrons. The van der Waals surface area contributed by atoms with Crippen LogP contribution >= 0.6 is 0 Å². The van der Waals surface area contributed by atoms with Crippen LogP contribution < -0.4 is 14.8 Å². The fourth-order valence-corrected chi connectivity index (χ4v) is 3.92. The first kappa shape index (κ1) is 27.2. The van der Waals surface area contributed by atoms with Crippen molar-refractivity contribution in [1.82, 2.24) is 10.2 Å². The highest BCUT2D eigenvalue weighted by Crippen LogP contribution is 2.29. The maximum absolute atomic E-state index is 13.5. The van der Waals surface area contributed by atoms with Crippen LogP contribution in [0.5, 0.6) is 11.5 Å². The van der Waals surface area contributed by atoms with Crippen molar-refractivity contribution in [2.24, 2.45) is 0 Å². The van der Waals surface area contributed by atoms with Gasteiger partial charge in [-0.25, -0.2) is 0 Å². The predicted molar refractivity (Wildman–Crippen MR) is 136 cm³/mol. The number of ether oxygens (including phenoxy) is 2. The first-order valence-electron chi connectivity index (χ1n) is 12.3. The van der Waals surface area contributed by atoms with Crippen molar-refractivity contribution in [2.75, 3.05) is 13.2 Å². The van der Waals surface area contributed by atoms with E-state index in [-0.39, 0.29) is 17.9 Å². The first-order valence-corrected chi connectivity index (χ1v) is 12.3. The van der Waals surface area contributed by atoms with Crippen LogP contribution in [0.1, 0.15) is 64.2 Å². The number of hydrogen-bond donors (Lipinski definition) is 1. The number of amides is 2. The van der Waals surface area contributed by atoms with E-state index in [0.717, 1.165) is 16.7 Å². The van der Waals surface area contributed by atoms with E-state index in [1.165, 1.54) is 0 Å². The highest BCUT2D eigenvalue weighted by Gasteiger charge is 2.29. The summed E-state index contributed by atoms with van der Waals surface area (Å²) in [6.07, 6.45) is 1.41. The Balaban J connectivity index is 2.24. The Morgan fingerprint density at radius 1 is 0.971 bits per heavy atom. The van der Waals surface area contributed by atoms with E-state index in [4.69, 9.17) is 9.47 Å². The molecular formula is C28H40N2O4. The Kier molecular flexibility index (Phi) is 10.9. The lowest BCUT2D eigenvalue weighted by atomic mass is 10.0. The summed E-state index contributed by atoms with van der Waals surface area (Å²) in [6, 6.07) is 13.3. The van der Waals surface area contributed by atoms with Gasteiger partial charge in [0.2, 0.25) is 11.8 Å². The van der Waals surface area contributed by atoms with Gasteiger partial charge >= 0.3 is 0 Å². The molecule has 2 rings (SSSR count). The van der Waals surface area contributed by atoms with Crippen molar-refractivity contribution < 1.29 is 19.1 Å². The standard InChI is InChI=1S/C28H40N2O4/c1-7-24(28(32)29-20(4)5)30(19-23-13-11-10-12-21(23)6)27(31)17-15-22-14-16-25(33-8-2)26(18-22)34-9-3/h10-14,16,18,20,24H,7-9,15,17,19H2,1-6H3,(H,29,32). The van der Waals surface area contributed by atoms with Gasteiger partial charge in [-0.2, -0.15) is 0 Å². The third kappa shape index (κ3) is 7.79. The molecule has 2 aromatic carbocycles. The topological polar surface area (TPSA) is 67.9 Å². The second-order valence-electron chi connectivity index (χ2n) is 8.68. The highest BCUT2D eigenvalue weighted by molar-refractivity contribution is 5.88. The lowest BCUT2D eigenvalue weighted by Gasteiger charge is -2.31. The average molecular weight is 469 g/mol. The molecule has 2 amide bonds. The third-order valence-electron chi connectivity index (χ3n) is 5.65. The van der Waals surface area contributed by atoms with Gasteiger partial charge in [-0.05, 0) is 76.3 Å². The average Bonchev–Trinajstić information content (AvgIpc) is 2.80. The number of carbonyl (C=O) groups is 2. The summed E-state index contributed by atoms with van der Waals surface area (Å²) in [5.41, 5.74) is 3.15. The molecule has 0 spiro atoms. The van der Waals surface area contributed by atoms with Crippen molar-refractivity contribution in [2.45, 2.75) is 79.4 Å². The number of nitrogens with one attached hydrogen (secondary N) is 1. The smallest absolute Gasteiger partial charge is 0.243 e. The number of carbonyl (C=O) groups excluding carboxylic acids is 2. The molecule has 0 bridgehead atoms. The summed E-state index contributed by atoms with van der Waals surface area (Å²) in [7, 11) is 0. The lowest BCUT2D eigenvalue weighted by Crippen LogP contribution is -2.50. The number of hydrogen-bond acceptors (Lipinski definition) is 4. The van der Waals surface area contributed by atoms with E-state index in [2.05, 4.69) is 5.32 Å². The molecule has 0 fully saturated rings. The molecule has 1 N–H and O–H groups in total. The summed E-state index contributed by atoms with van der Waals surface area (Å²) in [4.78, 5) is 28.2. The predicted octanol–water partition coefficient (Wildman–Crippen LogP) is 5.06. The van der Waals surface area contributed by atoms with Crippen LogP contribution in [0, 0.1) is 6.92 Å². The maximum atomic E-state index is 13.5. The van der Waals surface area contributed by atoms with Crippen LogP contribution in [0.4, 0.5) is 0 Å². The van der Waals surface area contributed by atoms with Crippen LogP contribution in [0.2, 0.25) is 0 Å². The zero-order valence-corrected chi connectivity index (χ0v) is 21.5. The van der Waals surface area contributed by atoms with Crippen LogP contribution in [0.15, 0.2) is 42.5 Å². The Morgan fingerprint density at radius 2 is 1.65 bits per heavy atom. The molecule has 34 heavy (non-hydrogen) atoms. The molecule has 6 nitrogen and oxygen atoms in total. The van der Waals surface area contributed by atoms with Crippen molar-refractivity contribution in [1.29, 1.82) is 0 Å². The van der Waals surface area contributed by atoms with Crippen LogP contribution in [0.3, 0.4) is 0 Å². The molecule has 2 aromatic rings. The first-order chi connectivity index (χ1) is 16.3. The van der Waals surface area contributed by atoms with Crippen molar-refractivity contribution >= 4 is 11.8 Å². The summed E-state index contributed by atoms with van der Waals surface area (Å²) in [5.74, 6) is 1.24. The second kappa shape index (κ2) is 13.6. The Labute approximate surface area is 204 Å². The fraction of sp³-hybridized carbons (Fsp3) is 0.500. The zero-order valence-electron chi connectivity index (χ0n) is 21.5. The van der Waals surface area contributed by atoms with E-state index < -0.39 is 6.04 Å². The van der Waals surface area contributed by atoms with Gasteiger partial charge < -0.3 is 19.7 Å². The minimum Gasteiger partial charge on any atom is -0.490 e. The summed E-state index contributed by atoms with van der Waals surface area (Å²) in [5, 5.41) is 2.98. The summed E-state index contributed by atoms with van der Waals surface area (Å²) in [6.45, 7) is 13.2. The minimum atomic E-state index is -0.520. The van der Waals surface area contributed by atoms with Gasteiger partial charge in [0.25, 0.3) is 0 Å². The zero-order chi connectivity index (χ0) is 25.1. The van der Waals surface area contributed by atoms with Gasteiger partial charge in [-0.3, -0.25) is 9.59 Å². The molecule has 0 saturated heterocycles. The Bertz CT molecular complexity index is 942. The summed E-state index contributed by atoms with van der Waals surface area (Å²) >= 11 is 0. The molecule has 0 heterocycles. The number of benzene rings is 2. The van der Waals surface area contributed by atoms with Gasteiger partial charge in [0, 0.05) is 19.0 Å². The number of rotatable bonds is 13. The minimum absolute atomic E-state index is 0.0119. The third-order valence-corrected chi connectivity index (χ3v) is 5.65. The SMILES string of the molecule is CCOc1ccc(CCC(=O)N(Cc2ccccc2C)C(CC)C(=O)NC(C)C)cc1OCC. The van der Waals surface area contributed by atoms with E-state index in [1.54, 1.807) is 4.90 Å². The van der Waals surface area contributed by atoms with E-state index in [1.807, 2.05) is 84.0 Å². The van der Waals surface area contributed by atoms with Crippen molar-refractivity contribution in [3.63, 3.8) is 0 Å². The van der Waals surface area contributed by atoms with E-state index in [0.29, 0.717) is 50.5 Å². The summed E-state index contributed by atoms with van der Waals surface area (Å²) < 4.78 is 11.4. The largest absolute Gasteiger partial charge is 0.490 e. The molecule has 0 aliphatic carbocycles. The molecule has 0 saturated carbocycles. The maximum Gasteiger partial charge on any atom is 0.243 e. The second-order valence-corrected chi connectivity index (χ2v) is 8.68. The monoisotopic (exact) mass is 468 g/mol.